The summed E-state index contributed by atoms with van der Waals surface area (Å²) in [5.74, 6) is -2.43. The number of carboxylic acid groups (broad SMARTS) is 2. The standard InChI is InChI=1S/C11H19NO5/c1-8(11(15)16)5-12(7-10(13)14)6-9-3-2-4-17-9/h8-9H,2-7H2,1H3,(H,13,14)(H,15,16). The molecular formula is C11H19NO5. The van der Waals surface area contributed by atoms with Crippen LogP contribution in [-0.4, -0.2) is 59.4 Å². The Bertz CT molecular complexity index is 275. The van der Waals surface area contributed by atoms with E-state index in [4.69, 9.17) is 14.9 Å². The molecular weight excluding hydrogens is 226 g/mol. The fourth-order valence-corrected chi connectivity index (χ4v) is 1.94. The molecule has 6 heteroatoms. The van der Waals surface area contributed by atoms with Crippen molar-refractivity contribution >= 4 is 11.9 Å². The minimum atomic E-state index is -0.944. The quantitative estimate of drug-likeness (QED) is 0.669. The maximum Gasteiger partial charge on any atom is 0.317 e. The monoisotopic (exact) mass is 245 g/mol. The molecule has 17 heavy (non-hydrogen) atoms. The molecule has 0 bridgehead atoms. The molecule has 1 aliphatic heterocycles. The zero-order chi connectivity index (χ0) is 12.8. The van der Waals surface area contributed by atoms with Crippen LogP contribution in [-0.2, 0) is 14.3 Å². The lowest BCUT2D eigenvalue weighted by atomic mass is 10.1. The average molecular weight is 245 g/mol. The van der Waals surface area contributed by atoms with Gasteiger partial charge in [0.25, 0.3) is 0 Å². The van der Waals surface area contributed by atoms with E-state index in [9.17, 15) is 9.59 Å². The second kappa shape index (κ2) is 6.56. The van der Waals surface area contributed by atoms with Crippen molar-refractivity contribution in [3.8, 4) is 0 Å². The van der Waals surface area contributed by atoms with Gasteiger partial charge >= 0.3 is 11.9 Å². The third-order valence-electron chi connectivity index (χ3n) is 2.80. The van der Waals surface area contributed by atoms with Crippen LogP contribution in [0, 0.1) is 5.92 Å². The first-order chi connectivity index (χ1) is 7.99. The van der Waals surface area contributed by atoms with E-state index in [0.717, 1.165) is 12.8 Å². The van der Waals surface area contributed by atoms with Crippen molar-refractivity contribution in [1.82, 2.24) is 4.90 Å². The van der Waals surface area contributed by atoms with Crippen molar-refractivity contribution in [2.75, 3.05) is 26.2 Å². The molecule has 0 aliphatic carbocycles. The Morgan fingerprint density at radius 1 is 1.47 bits per heavy atom. The molecule has 0 saturated carbocycles. The van der Waals surface area contributed by atoms with Gasteiger partial charge in [0, 0.05) is 19.7 Å². The van der Waals surface area contributed by atoms with Crippen molar-refractivity contribution in [2.45, 2.75) is 25.9 Å². The summed E-state index contributed by atoms with van der Waals surface area (Å²) in [7, 11) is 0. The Hall–Kier alpha value is -1.14. The van der Waals surface area contributed by atoms with E-state index in [-0.39, 0.29) is 19.2 Å². The minimum Gasteiger partial charge on any atom is -0.481 e. The summed E-state index contributed by atoms with van der Waals surface area (Å²) in [6, 6.07) is 0. The van der Waals surface area contributed by atoms with Gasteiger partial charge in [0.1, 0.15) is 0 Å². The SMILES string of the molecule is CC(CN(CC(=O)O)CC1CCCO1)C(=O)O. The lowest BCUT2D eigenvalue weighted by molar-refractivity contribution is -0.144. The largest absolute Gasteiger partial charge is 0.481 e. The van der Waals surface area contributed by atoms with Gasteiger partial charge in [-0.25, -0.2) is 0 Å². The number of ether oxygens (including phenoxy) is 1. The third kappa shape index (κ3) is 5.14. The van der Waals surface area contributed by atoms with E-state index in [2.05, 4.69) is 0 Å². The van der Waals surface area contributed by atoms with Crippen molar-refractivity contribution in [3.05, 3.63) is 0 Å². The van der Waals surface area contributed by atoms with Crippen LogP contribution in [0.4, 0.5) is 0 Å². The molecule has 1 heterocycles. The number of hydrogen-bond donors (Lipinski definition) is 2. The van der Waals surface area contributed by atoms with Gasteiger partial charge in [0.05, 0.1) is 18.6 Å². The van der Waals surface area contributed by atoms with Gasteiger partial charge in [-0.1, -0.05) is 6.92 Å². The summed E-state index contributed by atoms with van der Waals surface area (Å²) in [5, 5.41) is 17.6. The lowest BCUT2D eigenvalue weighted by Gasteiger charge is -2.24. The first-order valence-corrected chi connectivity index (χ1v) is 5.77. The highest BCUT2D eigenvalue weighted by atomic mass is 16.5. The highest BCUT2D eigenvalue weighted by Gasteiger charge is 2.23. The highest BCUT2D eigenvalue weighted by Crippen LogP contribution is 2.14. The highest BCUT2D eigenvalue weighted by molar-refractivity contribution is 5.71. The van der Waals surface area contributed by atoms with Gasteiger partial charge in [-0.3, -0.25) is 14.5 Å². The minimum absolute atomic E-state index is 0.0374. The van der Waals surface area contributed by atoms with Crippen LogP contribution in [0.1, 0.15) is 19.8 Å². The van der Waals surface area contributed by atoms with Crippen LogP contribution in [0.25, 0.3) is 0 Å². The fourth-order valence-electron chi connectivity index (χ4n) is 1.94. The molecule has 2 N–H and O–H groups in total. The number of hydrogen-bond acceptors (Lipinski definition) is 4. The normalized spacial score (nSPS) is 21.6. The first kappa shape index (κ1) is 13.9. The molecule has 0 aromatic carbocycles. The van der Waals surface area contributed by atoms with Crippen molar-refractivity contribution < 1.29 is 24.5 Å². The van der Waals surface area contributed by atoms with Crippen LogP contribution >= 0.6 is 0 Å². The average Bonchev–Trinajstić information content (AvgIpc) is 2.68. The summed E-state index contributed by atoms with van der Waals surface area (Å²) < 4.78 is 5.43. The Morgan fingerprint density at radius 3 is 2.65 bits per heavy atom. The Balaban J connectivity index is 2.46. The molecule has 98 valence electrons. The van der Waals surface area contributed by atoms with Crippen LogP contribution in [0.5, 0.6) is 0 Å². The van der Waals surface area contributed by atoms with Gasteiger partial charge in [-0.15, -0.1) is 0 Å². The molecule has 1 saturated heterocycles. The Kier molecular flexibility index (Phi) is 5.37. The van der Waals surface area contributed by atoms with E-state index in [1.54, 1.807) is 11.8 Å². The first-order valence-electron chi connectivity index (χ1n) is 5.77. The summed E-state index contributed by atoms with van der Waals surface area (Å²) >= 11 is 0. The van der Waals surface area contributed by atoms with Crippen LogP contribution in [0.15, 0.2) is 0 Å². The number of carbonyl (C=O) groups is 2. The third-order valence-corrected chi connectivity index (χ3v) is 2.80. The van der Waals surface area contributed by atoms with Crippen molar-refractivity contribution in [1.29, 1.82) is 0 Å². The van der Waals surface area contributed by atoms with E-state index < -0.39 is 17.9 Å². The predicted octanol–water partition coefficient (Wildman–Crippen LogP) is 0.273. The van der Waals surface area contributed by atoms with Crippen LogP contribution in [0.2, 0.25) is 0 Å². The fraction of sp³-hybridized carbons (Fsp3) is 0.818. The topological polar surface area (TPSA) is 87.1 Å². The lowest BCUT2D eigenvalue weighted by Crippen LogP contribution is -2.40. The summed E-state index contributed by atoms with van der Waals surface area (Å²) in [6.45, 7) is 2.87. The zero-order valence-corrected chi connectivity index (χ0v) is 9.96. The van der Waals surface area contributed by atoms with Gasteiger partial charge in [-0.05, 0) is 12.8 Å². The second-order valence-corrected chi connectivity index (χ2v) is 4.46. The van der Waals surface area contributed by atoms with E-state index >= 15 is 0 Å². The van der Waals surface area contributed by atoms with Gasteiger partial charge in [0.2, 0.25) is 0 Å². The molecule has 2 atom stereocenters. The van der Waals surface area contributed by atoms with Crippen molar-refractivity contribution in [2.24, 2.45) is 5.92 Å². The Morgan fingerprint density at radius 2 is 2.18 bits per heavy atom. The molecule has 0 radical (unpaired) electrons. The molecule has 1 fully saturated rings. The molecule has 0 spiro atoms. The zero-order valence-electron chi connectivity index (χ0n) is 9.96. The maximum atomic E-state index is 10.8. The Labute approximate surface area is 100 Å². The predicted molar refractivity (Wildman–Crippen MR) is 59.8 cm³/mol. The van der Waals surface area contributed by atoms with E-state index in [1.807, 2.05) is 0 Å². The second-order valence-electron chi connectivity index (χ2n) is 4.46. The van der Waals surface area contributed by atoms with Crippen LogP contribution in [0.3, 0.4) is 0 Å². The summed E-state index contributed by atoms with van der Waals surface area (Å²) in [5.41, 5.74) is 0. The number of aliphatic carboxylic acids is 2. The van der Waals surface area contributed by atoms with Gasteiger partial charge in [0.15, 0.2) is 0 Å². The number of nitrogens with zero attached hydrogens (tertiary/aromatic N) is 1. The number of rotatable bonds is 7. The number of carboxylic acids is 2. The van der Waals surface area contributed by atoms with Gasteiger partial charge < -0.3 is 14.9 Å². The van der Waals surface area contributed by atoms with E-state index in [0.29, 0.717) is 13.2 Å². The summed E-state index contributed by atoms with van der Waals surface area (Å²) in [6.07, 6.45) is 1.94. The van der Waals surface area contributed by atoms with Crippen LogP contribution < -0.4 is 0 Å². The molecule has 1 rings (SSSR count). The van der Waals surface area contributed by atoms with E-state index in [1.165, 1.54) is 0 Å². The molecule has 0 aromatic heterocycles. The molecule has 0 aromatic rings. The molecule has 1 aliphatic rings. The molecule has 6 nitrogen and oxygen atoms in total. The molecule has 2 unspecified atom stereocenters. The smallest absolute Gasteiger partial charge is 0.317 e. The summed E-state index contributed by atoms with van der Waals surface area (Å²) in [4.78, 5) is 23.1. The maximum absolute atomic E-state index is 10.8. The van der Waals surface area contributed by atoms with Crippen molar-refractivity contribution in [3.63, 3.8) is 0 Å². The van der Waals surface area contributed by atoms with Gasteiger partial charge in [-0.2, -0.15) is 0 Å². The molecule has 0 amide bonds.